The van der Waals surface area contributed by atoms with Crippen LogP contribution >= 0.6 is 11.6 Å². The van der Waals surface area contributed by atoms with Gasteiger partial charge in [0, 0.05) is 41.9 Å². The molecule has 0 saturated heterocycles. The molecule has 27 heavy (non-hydrogen) atoms. The Labute approximate surface area is 165 Å². The van der Waals surface area contributed by atoms with Crippen molar-refractivity contribution in [2.75, 3.05) is 19.8 Å². The zero-order valence-electron chi connectivity index (χ0n) is 15.9. The van der Waals surface area contributed by atoms with E-state index in [0.29, 0.717) is 31.2 Å². The second-order valence-electron chi connectivity index (χ2n) is 6.11. The van der Waals surface area contributed by atoms with Crippen molar-refractivity contribution in [3.63, 3.8) is 0 Å². The number of nitrogens with one attached hydrogen (secondary N) is 1. The van der Waals surface area contributed by atoms with E-state index in [2.05, 4.69) is 9.88 Å². The Morgan fingerprint density at radius 1 is 1.33 bits per heavy atom. The zero-order valence-corrected chi connectivity index (χ0v) is 16.6. The lowest BCUT2D eigenvalue weighted by molar-refractivity contribution is -0.117. The second-order valence-corrected chi connectivity index (χ2v) is 6.55. The summed E-state index contributed by atoms with van der Waals surface area (Å²) in [4.78, 5) is 12.3. The fourth-order valence-electron chi connectivity index (χ4n) is 2.84. The number of aryl methyl sites for hydroxylation is 1. The van der Waals surface area contributed by atoms with Gasteiger partial charge < -0.3 is 14.6 Å². The Hall–Kier alpha value is -2.55. The smallest absolute Gasteiger partial charge is 0.261 e. The van der Waals surface area contributed by atoms with Crippen molar-refractivity contribution in [1.82, 2.24) is 9.88 Å². The van der Waals surface area contributed by atoms with Crippen LogP contribution in [0, 0.1) is 25.2 Å². The van der Waals surface area contributed by atoms with Crippen molar-refractivity contribution >= 4 is 23.6 Å². The molecule has 1 aromatic carbocycles. The lowest BCUT2D eigenvalue weighted by Gasteiger charge is -2.09. The quantitative estimate of drug-likeness (QED) is 0.420. The van der Waals surface area contributed by atoms with Gasteiger partial charge in [0.25, 0.3) is 5.91 Å². The highest BCUT2D eigenvalue weighted by Crippen LogP contribution is 2.23. The fraction of sp³-hybridized carbons (Fsp3) is 0.333. The van der Waals surface area contributed by atoms with Gasteiger partial charge in [0.2, 0.25) is 0 Å². The molecule has 1 N–H and O–H groups in total. The molecular weight excluding hydrogens is 362 g/mol. The SMILES string of the molecule is CCOCCCNC(=O)C(C#N)=Cc1cc(C)n(-c2ccc(Cl)cc2)c1C. The Morgan fingerprint density at radius 2 is 2.04 bits per heavy atom. The molecule has 0 aliphatic heterocycles. The first kappa shape index (κ1) is 20.8. The number of nitrogens with zero attached hydrogens (tertiary/aromatic N) is 2. The van der Waals surface area contributed by atoms with Crippen LogP contribution in [0.4, 0.5) is 0 Å². The summed E-state index contributed by atoms with van der Waals surface area (Å²) in [7, 11) is 0. The molecule has 0 saturated carbocycles. The molecule has 0 fully saturated rings. The number of benzene rings is 1. The van der Waals surface area contributed by atoms with Crippen molar-refractivity contribution in [2.24, 2.45) is 0 Å². The van der Waals surface area contributed by atoms with Crippen LogP contribution < -0.4 is 5.32 Å². The molecule has 1 heterocycles. The number of rotatable bonds is 8. The maximum absolute atomic E-state index is 12.3. The standard InChI is InChI=1S/C21H24ClN3O2/c1-4-27-11-5-10-24-21(26)18(14-23)13-17-12-15(2)25(16(17)3)20-8-6-19(22)7-9-20/h6-9,12-13H,4-5,10-11H2,1-3H3,(H,24,26). The van der Waals surface area contributed by atoms with Gasteiger partial charge in [-0.3, -0.25) is 4.79 Å². The van der Waals surface area contributed by atoms with Crippen LogP contribution in [-0.2, 0) is 9.53 Å². The molecule has 0 aliphatic carbocycles. The molecule has 6 heteroatoms. The molecule has 0 bridgehead atoms. The van der Waals surface area contributed by atoms with Crippen LogP contribution in [0.15, 0.2) is 35.9 Å². The zero-order chi connectivity index (χ0) is 19.8. The highest BCUT2D eigenvalue weighted by molar-refractivity contribution is 6.30. The number of carbonyl (C=O) groups is 1. The van der Waals surface area contributed by atoms with Crippen LogP contribution in [0.1, 0.15) is 30.3 Å². The van der Waals surface area contributed by atoms with Crippen LogP contribution in [0.3, 0.4) is 0 Å². The third kappa shape index (κ3) is 5.46. The first-order valence-electron chi connectivity index (χ1n) is 8.90. The third-order valence-electron chi connectivity index (χ3n) is 4.18. The van der Waals surface area contributed by atoms with Gasteiger partial charge in [0.15, 0.2) is 0 Å². The number of amides is 1. The molecule has 0 radical (unpaired) electrons. The van der Waals surface area contributed by atoms with Gasteiger partial charge in [0.1, 0.15) is 11.6 Å². The summed E-state index contributed by atoms with van der Waals surface area (Å²) in [5, 5.41) is 12.8. The summed E-state index contributed by atoms with van der Waals surface area (Å²) in [5.41, 5.74) is 3.86. The van der Waals surface area contributed by atoms with Gasteiger partial charge in [-0.05, 0) is 69.2 Å². The van der Waals surface area contributed by atoms with Crippen molar-refractivity contribution in [2.45, 2.75) is 27.2 Å². The number of ether oxygens (including phenoxy) is 1. The summed E-state index contributed by atoms with van der Waals surface area (Å²) >= 11 is 5.97. The largest absolute Gasteiger partial charge is 0.382 e. The van der Waals surface area contributed by atoms with Crippen molar-refractivity contribution in [3.8, 4) is 11.8 Å². The Balaban J connectivity index is 2.19. The summed E-state index contributed by atoms with van der Waals surface area (Å²) in [5.74, 6) is -0.370. The van der Waals surface area contributed by atoms with Gasteiger partial charge in [-0.2, -0.15) is 5.26 Å². The van der Waals surface area contributed by atoms with Crippen LogP contribution in [0.2, 0.25) is 5.02 Å². The van der Waals surface area contributed by atoms with E-state index in [1.807, 2.05) is 57.2 Å². The molecule has 0 aliphatic rings. The van der Waals surface area contributed by atoms with Gasteiger partial charge in [-0.15, -0.1) is 0 Å². The first-order valence-corrected chi connectivity index (χ1v) is 9.28. The van der Waals surface area contributed by atoms with Gasteiger partial charge >= 0.3 is 0 Å². The third-order valence-corrected chi connectivity index (χ3v) is 4.43. The average molecular weight is 386 g/mol. The van der Waals surface area contributed by atoms with E-state index < -0.39 is 0 Å². The van der Waals surface area contributed by atoms with Gasteiger partial charge in [0.05, 0.1) is 0 Å². The highest BCUT2D eigenvalue weighted by atomic mass is 35.5. The molecular formula is C21H24ClN3O2. The second kappa shape index (κ2) is 9.96. The molecule has 142 valence electrons. The molecule has 5 nitrogen and oxygen atoms in total. The topological polar surface area (TPSA) is 67.0 Å². The lowest BCUT2D eigenvalue weighted by atomic mass is 10.1. The first-order chi connectivity index (χ1) is 13.0. The normalized spacial score (nSPS) is 11.3. The van der Waals surface area contributed by atoms with Crippen LogP contribution in [-0.4, -0.2) is 30.2 Å². The number of nitriles is 1. The molecule has 1 aromatic heterocycles. The van der Waals surface area contributed by atoms with Crippen molar-refractivity contribution in [1.29, 1.82) is 5.26 Å². The monoisotopic (exact) mass is 385 g/mol. The fourth-order valence-corrected chi connectivity index (χ4v) is 2.97. The number of hydrogen-bond acceptors (Lipinski definition) is 3. The summed E-state index contributed by atoms with van der Waals surface area (Å²) in [6.45, 7) is 7.59. The van der Waals surface area contributed by atoms with E-state index in [1.165, 1.54) is 0 Å². The molecule has 1 amide bonds. The summed E-state index contributed by atoms with van der Waals surface area (Å²) < 4.78 is 7.30. The minimum Gasteiger partial charge on any atom is -0.382 e. The maximum Gasteiger partial charge on any atom is 0.261 e. The van der Waals surface area contributed by atoms with E-state index in [9.17, 15) is 10.1 Å². The molecule has 0 unspecified atom stereocenters. The van der Waals surface area contributed by atoms with Crippen molar-refractivity contribution in [3.05, 3.63) is 57.9 Å². The van der Waals surface area contributed by atoms with Crippen LogP contribution in [0.25, 0.3) is 11.8 Å². The molecule has 0 atom stereocenters. The number of carbonyl (C=O) groups excluding carboxylic acids is 1. The van der Waals surface area contributed by atoms with E-state index >= 15 is 0 Å². The van der Waals surface area contributed by atoms with E-state index in [-0.39, 0.29) is 11.5 Å². The predicted molar refractivity (Wildman–Crippen MR) is 108 cm³/mol. The summed E-state index contributed by atoms with van der Waals surface area (Å²) in [6, 6.07) is 11.5. The van der Waals surface area contributed by atoms with Crippen molar-refractivity contribution < 1.29 is 9.53 Å². The average Bonchev–Trinajstić information content (AvgIpc) is 2.93. The van der Waals surface area contributed by atoms with Gasteiger partial charge in [-0.1, -0.05) is 11.6 Å². The van der Waals surface area contributed by atoms with Gasteiger partial charge in [-0.25, -0.2) is 0 Å². The highest BCUT2D eigenvalue weighted by Gasteiger charge is 2.13. The predicted octanol–water partition coefficient (Wildman–Crippen LogP) is 4.20. The van der Waals surface area contributed by atoms with E-state index in [0.717, 1.165) is 22.6 Å². The van der Waals surface area contributed by atoms with E-state index in [4.69, 9.17) is 16.3 Å². The Bertz CT molecular complexity index is 861. The lowest BCUT2D eigenvalue weighted by Crippen LogP contribution is -2.26. The number of halogens is 1. The number of hydrogen-bond donors (Lipinski definition) is 1. The van der Waals surface area contributed by atoms with Crippen LogP contribution in [0.5, 0.6) is 0 Å². The molecule has 0 spiro atoms. The van der Waals surface area contributed by atoms with E-state index in [1.54, 1.807) is 6.08 Å². The number of aromatic nitrogens is 1. The summed E-state index contributed by atoms with van der Waals surface area (Å²) in [6.07, 6.45) is 2.34. The Morgan fingerprint density at radius 3 is 2.67 bits per heavy atom. The maximum atomic E-state index is 12.3. The minimum atomic E-state index is -0.370. The Kier molecular flexibility index (Phi) is 7.66. The molecule has 2 rings (SSSR count). The minimum absolute atomic E-state index is 0.0859. The molecule has 2 aromatic rings.